The van der Waals surface area contributed by atoms with Gasteiger partial charge in [-0.1, -0.05) is 0 Å². The highest BCUT2D eigenvalue weighted by atomic mass is 32.1. The van der Waals surface area contributed by atoms with E-state index < -0.39 is 0 Å². The maximum atomic E-state index is 12.2. The number of aryl methyl sites for hydroxylation is 1. The summed E-state index contributed by atoms with van der Waals surface area (Å²) >= 11 is 1.62. The Balaban J connectivity index is 1.89. The zero-order valence-electron chi connectivity index (χ0n) is 12.2. The van der Waals surface area contributed by atoms with E-state index in [1.807, 2.05) is 6.08 Å². The first-order chi connectivity index (χ1) is 9.56. The highest BCUT2D eigenvalue weighted by Crippen LogP contribution is 2.50. The number of rotatable bonds is 1. The van der Waals surface area contributed by atoms with Crippen LogP contribution in [0.5, 0.6) is 0 Å². The number of quaternary nitrogens is 1. The summed E-state index contributed by atoms with van der Waals surface area (Å²) in [6, 6.07) is 0. The second kappa shape index (κ2) is 4.03. The molecule has 0 aliphatic carbocycles. The van der Waals surface area contributed by atoms with E-state index in [2.05, 4.69) is 30.5 Å². The van der Waals surface area contributed by atoms with E-state index in [0.717, 1.165) is 9.36 Å². The molecular formula is C16H21N2OS+. The van der Waals surface area contributed by atoms with Crippen molar-refractivity contribution < 1.29 is 4.79 Å². The van der Waals surface area contributed by atoms with Crippen LogP contribution in [-0.4, -0.2) is 42.9 Å². The summed E-state index contributed by atoms with van der Waals surface area (Å²) in [4.78, 5) is 15.7. The third kappa shape index (κ3) is 1.45. The zero-order valence-corrected chi connectivity index (χ0v) is 13.0. The van der Waals surface area contributed by atoms with Crippen LogP contribution in [0.3, 0.4) is 0 Å². The van der Waals surface area contributed by atoms with Gasteiger partial charge in [-0.15, -0.1) is 11.3 Å². The predicted octanol–water partition coefficient (Wildman–Crippen LogP) is 2.94. The number of hydrogen-bond acceptors (Lipinski definition) is 3. The van der Waals surface area contributed by atoms with Crippen molar-refractivity contribution >= 4 is 22.8 Å². The summed E-state index contributed by atoms with van der Waals surface area (Å²) in [6.07, 6.45) is 7.73. The molecule has 0 N–H and O–H groups in total. The van der Waals surface area contributed by atoms with Gasteiger partial charge >= 0.3 is 0 Å². The van der Waals surface area contributed by atoms with Gasteiger partial charge in [0.05, 0.1) is 7.05 Å². The standard InChI is InChI=1S/C16H21N2OS/c1-12-11-20-15-13(19)3-10-18(2,14(12)15)16-4-7-17(8-5-16)9-6-16/h3,10-11H,4-9H2,1-2H3/q+1. The first kappa shape index (κ1) is 12.7. The quantitative estimate of drug-likeness (QED) is 0.741. The van der Waals surface area contributed by atoms with Crippen LogP contribution >= 0.6 is 11.3 Å². The molecule has 20 heavy (non-hydrogen) atoms. The number of hydrogen-bond donors (Lipinski definition) is 0. The summed E-state index contributed by atoms with van der Waals surface area (Å²) in [5.74, 6) is 0.193. The molecule has 106 valence electrons. The van der Waals surface area contributed by atoms with Crippen molar-refractivity contribution in [2.75, 3.05) is 26.7 Å². The lowest BCUT2D eigenvalue weighted by Crippen LogP contribution is -2.68. The van der Waals surface area contributed by atoms with Crippen LogP contribution in [0.1, 0.15) is 34.5 Å². The number of carbonyl (C=O) groups is 1. The molecule has 0 amide bonds. The molecule has 5 rings (SSSR count). The molecule has 3 nitrogen and oxygen atoms in total. The molecule has 1 unspecified atom stereocenters. The summed E-state index contributed by atoms with van der Waals surface area (Å²) in [5.41, 5.74) is 2.86. The molecule has 0 spiro atoms. The molecule has 0 aromatic carbocycles. The Hall–Kier alpha value is -0.970. The van der Waals surface area contributed by atoms with Crippen molar-refractivity contribution in [1.29, 1.82) is 0 Å². The van der Waals surface area contributed by atoms with Gasteiger partial charge in [-0.2, -0.15) is 0 Å². The number of ketones is 1. The molecular weight excluding hydrogens is 268 g/mol. The van der Waals surface area contributed by atoms with Crippen LogP contribution in [0.4, 0.5) is 5.69 Å². The van der Waals surface area contributed by atoms with E-state index in [4.69, 9.17) is 0 Å². The lowest BCUT2D eigenvalue weighted by molar-refractivity contribution is 0.00776. The Labute approximate surface area is 124 Å². The normalized spacial score (nSPS) is 39.1. The van der Waals surface area contributed by atoms with Gasteiger partial charge in [0.1, 0.15) is 16.6 Å². The second-order valence-corrected chi connectivity index (χ2v) is 7.55. The van der Waals surface area contributed by atoms with Gasteiger partial charge in [-0.25, -0.2) is 0 Å². The van der Waals surface area contributed by atoms with Crippen molar-refractivity contribution in [3.05, 3.63) is 28.1 Å². The Morgan fingerprint density at radius 3 is 2.55 bits per heavy atom. The molecule has 1 aromatic rings. The first-order valence-electron chi connectivity index (χ1n) is 7.47. The fraction of sp³-hybridized carbons (Fsp3) is 0.562. The van der Waals surface area contributed by atoms with E-state index in [0.29, 0.717) is 5.54 Å². The average Bonchev–Trinajstić information content (AvgIpc) is 2.89. The summed E-state index contributed by atoms with van der Waals surface area (Å²) in [7, 11) is 2.32. The third-order valence-electron chi connectivity index (χ3n) is 5.82. The predicted molar refractivity (Wildman–Crippen MR) is 83.3 cm³/mol. The van der Waals surface area contributed by atoms with Gasteiger partial charge in [-0.05, 0) is 6.92 Å². The van der Waals surface area contributed by atoms with Gasteiger partial charge in [-0.3, -0.25) is 9.28 Å². The molecule has 0 saturated carbocycles. The van der Waals surface area contributed by atoms with Gasteiger partial charge in [0.25, 0.3) is 0 Å². The zero-order chi connectivity index (χ0) is 14.0. The largest absolute Gasteiger partial charge is 0.303 e. The molecule has 3 fully saturated rings. The minimum Gasteiger partial charge on any atom is -0.303 e. The van der Waals surface area contributed by atoms with Crippen LogP contribution in [0, 0.1) is 6.92 Å². The van der Waals surface area contributed by atoms with Crippen molar-refractivity contribution in [3.63, 3.8) is 0 Å². The van der Waals surface area contributed by atoms with Crippen molar-refractivity contribution in [3.8, 4) is 0 Å². The van der Waals surface area contributed by atoms with Crippen LogP contribution in [0.25, 0.3) is 0 Å². The summed E-state index contributed by atoms with van der Waals surface area (Å²) < 4.78 is 0.844. The Bertz CT molecular complexity index is 596. The number of carbonyl (C=O) groups excluding carboxylic acids is 1. The lowest BCUT2D eigenvalue weighted by Gasteiger charge is -2.56. The van der Waals surface area contributed by atoms with E-state index in [9.17, 15) is 4.79 Å². The summed E-state index contributed by atoms with van der Waals surface area (Å²) in [6.45, 7) is 5.81. The molecule has 0 radical (unpaired) electrons. The van der Waals surface area contributed by atoms with Crippen LogP contribution in [0.2, 0.25) is 0 Å². The minimum atomic E-state index is 0.193. The lowest BCUT2D eigenvalue weighted by atomic mass is 9.76. The van der Waals surface area contributed by atoms with E-state index >= 15 is 0 Å². The van der Waals surface area contributed by atoms with Gasteiger partial charge in [0.2, 0.25) is 5.78 Å². The molecule has 5 heterocycles. The molecule has 3 saturated heterocycles. The second-order valence-electron chi connectivity index (χ2n) is 6.67. The van der Waals surface area contributed by atoms with Crippen molar-refractivity contribution in [1.82, 2.24) is 9.38 Å². The SMILES string of the molecule is Cc1csc2c1[N+](C)(C13CCN(CC1)CC3)C=CC2=O. The highest BCUT2D eigenvalue weighted by Gasteiger charge is 2.55. The van der Waals surface area contributed by atoms with Gasteiger partial charge in [0.15, 0.2) is 5.69 Å². The average molecular weight is 289 g/mol. The first-order valence-corrected chi connectivity index (χ1v) is 8.35. The minimum absolute atomic E-state index is 0.193. The number of thiophene rings is 1. The molecule has 1 atom stereocenters. The summed E-state index contributed by atoms with van der Waals surface area (Å²) in [5, 5.41) is 2.15. The van der Waals surface area contributed by atoms with Crippen LogP contribution in [0.15, 0.2) is 17.7 Å². The van der Waals surface area contributed by atoms with Crippen molar-refractivity contribution in [2.45, 2.75) is 31.7 Å². The maximum absolute atomic E-state index is 12.2. The van der Waals surface area contributed by atoms with Gasteiger partial charge in [0, 0.05) is 55.9 Å². The monoisotopic (exact) mass is 289 g/mol. The smallest absolute Gasteiger partial charge is 0.207 e. The van der Waals surface area contributed by atoms with Crippen LogP contribution < -0.4 is 4.48 Å². The Kier molecular flexibility index (Phi) is 2.57. The van der Waals surface area contributed by atoms with E-state index in [1.165, 1.54) is 50.1 Å². The number of piperidine rings is 3. The third-order valence-corrected chi connectivity index (χ3v) is 6.92. The number of nitrogens with zero attached hydrogens (tertiary/aromatic N) is 2. The number of allylic oxidation sites excluding steroid dienone is 1. The molecule has 4 heteroatoms. The Morgan fingerprint density at radius 2 is 1.90 bits per heavy atom. The van der Waals surface area contributed by atoms with Crippen LogP contribution in [-0.2, 0) is 0 Å². The fourth-order valence-corrected chi connectivity index (χ4v) is 5.51. The van der Waals surface area contributed by atoms with Crippen molar-refractivity contribution in [2.24, 2.45) is 0 Å². The van der Waals surface area contributed by atoms with E-state index in [-0.39, 0.29) is 5.78 Å². The fourth-order valence-electron chi connectivity index (χ4n) is 4.46. The van der Waals surface area contributed by atoms with E-state index in [1.54, 1.807) is 11.3 Å². The highest BCUT2D eigenvalue weighted by molar-refractivity contribution is 7.13. The molecule has 1 aromatic heterocycles. The van der Waals surface area contributed by atoms with Gasteiger partial charge < -0.3 is 4.90 Å². The molecule has 4 aliphatic rings. The molecule has 2 bridgehead atoms. The molecule has 4 aliphatic heterocycles. The topological polar surface area (TPSA) is 20.3 Å². The maximum Gasteiger partial charge on any atom is 0.207 e. The number of fused-ring (bicyclic) bond motifs is 4. The Morgan fingerprint density at radius 1 is 1.25 bits per heavy atom.